The van der Waals surface area contributed by atoms with Crippen LogP contribution >= 0.6 is 11.8 Å². The maximum atomic E-state index is 11.4. The van der Waals surface area contributed by atoms with Crippen molar-refractivity contribution < 1.29 is 14.3 Å². The summed E-state index contributed by atoms with van der Waals surface area (Å²) in [4.78, 5) is 12.6. The number of methoxy groups -OCH3 is 1. The van der Waals surface area contributed by atoms with Crippen LogP contribution in [0.5, 0.6) is 5.75 Å². The highest BCUT2D eigenvalue weighted by Crippen LogP contribution is 2.33. The van der Waals surface area contributed by atoms with Crippen LogP contribution < -0.4 is 4.74 Å². The molecule has 86 valence electrons. The summed E-state index contributed by atoms with van der Waals surface area (Å²) < 4.78 is 10.0. The summed E-state index contributed by atoms with van der Waals surface area (Å²) >= 11 is 1.25. The lowest BCUT2D eigenvalue weighted by Gasteiger charge is -2.08. The maximum absolute atomic E-state index is 11.4. The lowest BCUT2D eigenvalue weighted by Crippen LogP contribution is -2.04. The summed E-state index contributed by atoms with van der Waals surface area (Å²) in [5.41, 5.74) is 0. The number of benzene rings is 1. The summed E-state index contributed by atoms with van der Waals surface area (Å²) in [7, 11) is 1.59. The number of thioether (sulfide) groups is 1. The monoisotopic (exact) mass is 238 g/mol. The van der Waals surface area contributed by atoms with Gasteiger partial charge in [-0.25, -0.2) is 4.79 Å². The molecule has 0 fully saturated rings. The van der Waals surface area contributed by atoms with Crippen LogP contribution in [0.3, 0.4) is 0 Å². The largest absolute Gasteiger partial charge is 0.496 e. The second-order valence-electron chi connectivity index (χ2n) is 2.90. The van der Waals surface area contributed by atoms with Gasteiger partial charge in [0.05, 0.1) is 23.5 Å². The zero-order chi connectivity index (χ0) is 12.0. The molecule has 0 spiro atoms. The van der Waals surface area contributed by atoms with Crippen LogP contribution in [-0.2, 0) is 9.53 Å². The Bertz CT molecular complexity index is 388. The quantitative estimate of drug-likeness (QED) is 0.449. The SMILES string of the molecule is C=C(Sc1ccccc1OC)C(=O)OCC. The number of carbonyl (C=O) groups is 1. The van der Waals surface area contributed by atoms with Gasteiger partial charge in [0.2, 0.25) is 0 Å². The zero-order valence-electron chi connectivity index (χ0n) is 9.36. The minimum absolute atomic E-state index is 0.352. The molecule has 0 N–H and O–H groups in total. The van der Waals surface area contributed by atoms with Crippen LogP contribution in [0.25, 0.3) is 0 Å². The van der Waals surface area contributed by atoms with Crippen molar-refractivity contribution in [2.24, 2.45) is 0 Å². The molecular weight excluding hydrogens is 224 g/mol. The van der Waals surface area contributed by atoms with Crippen molar-refractivity contribution in [3.63, 3.8) is 0 Å². The first-order valence-electron chi connectivity index (χ1n) is 4.86. The van der Waals surface area contributed by atoms with E-state index in [1.807, 2.05) is 24.3 Å². The molecule has 1 aromatic carbocycles. The average molecular weight is 238 g/mol. The summed E-state index contributed by atoms with van der Waals surface area (Å²) in [5.74, 6) is 0.330. The van der Waals surface area contributed by atoms with Crippen molar-refractivity contribution >= 4 is 17.7 Å². The summed E-state index contributed by atoms with van der Waals surface area (Å²) in [5, 5.41) is 0. The van der Waals surface area contributed by atoms with Gasteiger partial charge in [0, 0.05) is 0 Å². The van der Waals surface area contributed by atoms with Gasteiger partial charge in [-0.05, 0) is 19.1 Å². The Morgan fingerprint density at radius 2 is 2.12 bits per heavy atom. The molecule has 0 radical (unpaired) electrons. The van der Waals surface area contributed by atoms with Crippen LogP contribution in [0.1, 0.15) is 6.92 Å². The van der Waals surface area contributed by atoms with E-state index in [0.29, 0.717) is 11.5 Å². The molecule has 0 unspecified atom stereocenters. The number of ether oxygens (including phenoxy) is 2. The fraction of sp³-hybridized carbons (Fsp3) is 0.250. The molecule has 0 saturated carbocycles. The van der Waals surface area contributed by atoms with Gasteiger partial charge in [0.1, 0.15) is 5.75 Å². The molecule has 0 atom stereocenters. The van der Waals surface area contributed by atoms with Crippen LogP contribution in [0.2, 0.25) is 0 Å². The smallest absolute Gasteiger partial charge is 0.344 e. The van der Waals surface area contributed by atoms with Crippen LogP contribution in [0.15, 0.2) is 40.6 Å². The third kappa shape index (κ3) is 3.31. The van der Waals surface area contributed by atoms with Gasteiger partial charge in [0.25, 0.3) is 0 Å². The Hall–Kier alpha value is -1.42. The molecule has 1 rings (SSSR count). The van der Waals surface area contributed by atoms with Gasteiger partial charge in [-0.15, -0.1) is 0 Å². The van der Waals surface area contributed by atoms with E-state index in [-0.39, 0.29) is 0 Å². The lowest BCUT2D eigenvalue weighted by molar-refractivity contribution is -0.137. The maximum Gasteiger partial charge on any atom is 0.344 e. The zero-order valence-corrected chi connectivity index (χ0v) is 10.2. The predicted molar refractivity (Wildman–Crippen MR) is 64.6 cm³/mol. The van der Waals surface area contributed by atoms with Crippen molar-refractivity contribution in [1.82, 2.24) is 0 Å². The second-order valence-corrected chi connectivity index (χ2v) is 4.03. The van der Waals surface area contributed by atoms with Crippen molar-refractivity contribution in [2.75, 3.05) is 13.7 Å². The van der Waals surface area contributed by atoms with Gasteiger partial charge in [-0.2, -0.15) is 0 Å². The number of esters is 1. The number of rotatable bonds is 5. The van der Waals surface area contributed by atoms with Gasteiger partial charge in [-0.3, -0.25) is 0 Å². The van der Waals surface area contributed by atoms with Gasteiger partial charge >= 0.3 is 5.97 Å². The Morgan fingerprint density at radius 1 is 1.44 bits per heavy atom. The molecule has 0 aromatic heterocycles. The summed E-state index contributed by atoms with van der Waals surface area (Å²) in [6.45, 7) is 5.79. The molecule has 4 heteroatoms. The average Bonchev–Trinajstić information content (AvgIpc) is 2.30. The standard InChI is InChI=1S/C12H14O3S/c1-4-15-12(13)9(2)16-11-8-6-5-7-10(11)14-3/h5-8H,2,4H2,1,3H3. The summed E-state index contributed by atoms with van der Waals surface area (Å²) in [6.07, 6.45) is 0. The lowest BCUT2D eigenvalue weighted by atomic mass is 10.3. The highest BCUT2D eigenvalue weighted by atomic mass is 32.2. The van der Waals surface area contributed by atoms with E-state index in [0.717, 1.165) is 10.6 Å². The van der Waals surface area contributed by atoms with Crippen molar-refractivity contribution in [3.8, 4) is 5.75 Å². The molecule has 0 aliphatic rings. The van der Waals surface area contributed by atoms with Gasteiger partial charge in [0.15, 0.2) is 0 Å². The van der Waals surface area contributed by atoms with Crippen LogP contribution in [0, 0.1) is 0 Å². The second kappa shape index (κ2) is 6.23. The predicted octanol–water partition coefficient (Wildman–Crippen LogP) is 2.86. The first-order chi connectivity index (χ1) is 7.69. The van der Waals surface area contributed by atoms with E-state index >= 15 is 0 Å². The highest BCUT2D eigenvalue weighted by Gasteiger charge is 2.11. The first kappa shape index (κ1) is 12.6. The van der Waals surface area contributed by atoms with E-state index in [2.05, 4.69) is 6.58 Å². The van der Waals surface area contributed by atoms with E-state index in [1.165, 1.54) is 11.8 Å². The van der Waals surface area contributed by atoms with Gasteiger partial charge in [-0.1, -0.05) is 30.5 Å². The fourth-order valence-corrected chi connectivity index (χ4v) is 1.90. The molecule has 16 heavy (non-hydrogen) atoms. The van der Waals surface area contributed by atoms with E-state index in [1.54, 1.807) is 14.0 Å². The molecule has 0 aliphatic heterocycles. The van der Waals surface area contributed by atoms with Crippen LogP contribution in [-0.4, -0.2) is 19.7 Å². The number of hydrogen-bond donors (Lipinski definition) is 0. The Labute approximate surface area is 99.4 Å². The van der Waals surface area contributed by atoms with E-state index < -0.39 is 5.97 Å². The van der Waals surface area contributed by atoms with Crippen molar-refractivity contribution in [3.05, 3.63) is 35.7 Å². The molecule has 0 saturated heterocycles. The number of hydrogen-bond acceptors (Lipinski definition) is 4. The Morgan fingerprint density at radius 3 is 2.75 bits per heavy atom. The number of para-hydroxylation sites is 1. The Balaban J connectivity index is 2.73. The topological polar surface area (TPSA) is 35.5 Å². The van der Waals surface area contributed by atoms with Crippen molar-refractivity contribution in [2.45, 2.75) is 11.8 Å². The molecule has 0 aliphatic carbocycles. The van der Waals surface area contributed by atoms with Crippen LogP contribution in [0.4, 0.5) is 0 Å². The minimum Gasteiger partial charge on any atom is -0.496 e. The highest BCUT2D eigenvalue weighted by molar-refractivity contribution is 8.04. The fourth-order valence-electron chi connectivity index (χ4n) is 1.09. The normalized spacial score (nSPS) is 9.62. The summed E-state index contributed by atoms with van der Waals surface area (Å²) in [6, 6.07) is 7.45. The van der Waals surface area contributed by atoms with Gasteiger partial charge < -0.3 is 9.47 Å². The van der Waals surface area contributed by atoms with E-state index in [9.17, 15) is 4.79 Å². The third-order valence-electron chi connectivity index (χ3n) is 1.81. The molecule has 0 heterocycles. The Kier molecular flexibility index (Phi) is 4.92. The first-order valence-corrected chi connectivity index (χ1v) is 5.67. The van der Waals surface area contributed by atoms with E-state index in [4.69, 9.17) is 9.47 Å². The third-order valence-corrected chi connectivity index (χ3v) is 2.78. The molecule has 1 aromatic rings. The molecule has 0 amide bonds. The van der Waals surface area contributed by atoms with Crippen molar-refractivity contribution in [1.29, 1.82) is 0 Å². The molecule has 0 bridgehead atoms. The number of carbonyl (C=O) groups excluding carboxylic acids is 1. The molecule has 3 nitrogen and oxygen atoms in total. The minimum atomic E-state index is -0.390. The molecular formula is C12H14O3S.